The highest BCUT2D eigenvalue weighted by molar-refractivity contribution is 7.80. The van der Waals surface area contributed by atoms with E-state index in [9.17, 15) is 0 Å². The Morgan fingerprint density at radius 2 is 2.36 bits per heavy atom. The minimum Gasteiger partial charge on any atom is -0.477 e. The summed E-state index contributed by atoms with van der Waals surface area (Å²) in [4.78, 5) is 0.838. The second kappa shape index (κ2) is 2.81. The van der Waals surface area contributed by atoms with Gasteiger partial charge in [-0.3, -0.25) is 0 Å². The lowest BCUT2D eigenvalue weighted by Gasteiger charge is -2.13. The van der Waals surface area contributed by atoms with Gasteiger partial charge in [-0.2, -0.15) is 0 Å². The highest BCUT2D eigenvalue weighted by atomic mass is 32.1. The normalized spacial score (nSPS) is 24.5. The molecule has 0 aliphatic carbocycles. The van der Waals surface area contributed by atoms with Gasteiger partial charge in [0.1, 0.15) is 6.61 Å². The zero-order valence-electron chi connectivity index (χ0n) is 7.10. The molecule has 11 heavy (non-hydrogen) atoms. The van der Waals surface area contributed by atoms with E-state index >= 15 is 0 Å². The fourth-order valence-corrected chi connectivity index (χ4v) is 1.03. The van der Waals surface area contributed by atoms with Gasteiger partial charge in [0.05, 0.1) is 5.54 Å². The maximum absolute atomic E-state index is 5.34. The first-order chi connectivity index (χ1) is 4.99. The van der Waals surface area contributed by atoms with Crippen LogP contribution in [0.2, 0.25) is 0 Å². The van der Waals surface area contributed by atoms with Crippen LogP contribution in [0.25, 0.3) is 0 Å². The monoisotopic (exact) mass is 171 g/mol. The van der Waals surface area contributed by atoms with Crippen LogP contribution in [0.3, 0.4) is 0 Å². The van der Waals surface area contributed by atoms with Crippen LogP contribution in [-0.2, 0) is 4.74 Å². The van der Waals surface area contributed by atoms with E-state index in [0.717, 1.165) is 10.7 Å². The fraction of sp³-hybridized carbons (Fsp3) is 0.625. The molecule has 0 aromatic rings. The third-order valence-electron chi connectivity index (χ3n) is 1.38. The first-order valence-corrected chi connectivity index (χ1v) is 4.04. The molecule has 0 aromatic heterocycles. The molecule has 2 nitrogen and oxygen atoms in total. The maximum atomic E-state index is 5.34. The van der Waals surface area contributed by atoms with Gasteiger partial charge in [-0.1, -0.05) is 12.2 Å². The van der Waals surface area contributed by atoms with Crippen molar-refractivity contribution < 1.29 is 4.74 Å². The van der Waals surface area contributed by atoms with Gasteiger partial charge in [0.25, 0.3) is 0 Å². The molecule has 0 atom stereocenters. The van der Waals surface area contributed by atoms with Crippen LogP contribution in [0.5, 0.6) is 0 Å². The minimum atomic E-state index is 0.0522. The van der Waals surface area contributed by atoms with Crippen molar-refractivity contribution in [1.82, 2.24) is 5.32 Å². The molecule has 1 rings (SSSR count). The average molecular weight is 171 g/mol. The van der Waals surface area contributed by atoms with Crippen molar-refractivity contribution in [1.29, 1.82) is 0 Å². The SMILES string of the molecule is CC(=S)/C=C1\NC(C)(C)CO1. The van der Waals surface area contributed by atoms with Crippen molar-refractivity contribution in [2.24, 2.45) is 0 Å². The Labute approximate surface area is 72.6 Å². The summed E-state index contributed by atoms with van der Waals surface area (Å²) in [7, 11) is 0. The zero-order valence-corrected chi connectivity index (χ0v) is 7.92. The van der Waals surface area contributed by atoms with Gasteiger partial charge in [-0.05, 0) is 20.8 Å². The summed E-state index contributed by atoms with van der Waals surface area (Å²) >= 11 is 4.91. The molecule has 0 saturated carbocycles. The molecule has 0 spiro atoms. The molecule has 1 aliphatic rings. The number of hydrogen-bond acceptors (Lipinski definition) is 3. The summed E-state index contributed by atoms with van der Waals surface area (Å²) in [6.07, 6.45) is 1.84. The molecule has 1 aliphatic heterocycles. The van der Waals surface area contributed by atoms with Gasteiger partial charge in [-0.15, -0.1) is 0 Å². The predicted molar refractivity (Wildman–Crippen MR) is 49.5 cm³/mol. The van der Waals surface area contributed by atoms with Gasteiger partial charge in [0.15, 0.2) is 5.88 Å². The highest BCUT2D eigenvalue weighted by Gasteiger charge is 2.26. The van der Waals surface area contributed by atoms with Crippen LogP contribution in [0.1, 0.15) is 20.8 Å². The summed E-state index contributed by atoms with van der Waals surface area (Å²) in [5.41, 5.74) is 0.0522. The smallest absolute Gasteiger partial charge is 0.188 e. The van der Waals surface area contributed by atoms with E-state index < -0.39 is 0 Å². The minimum absolute atomic E-state index is 0.0522. The zero-order chi connectivity index (χ0) is 8.48. The summed E-state index contributed by atoms with van der Waals surface area (Å²) in [6.45, 7) is 6.76. The van der Waals surface area contributed by atoms with E-state index in [0.29, 0.717) is 6.61 Å². The second-order valence-corrected chi connectivity index (χ2v) is 4.06. The Morgan fingerprint density at radius 1 is 1.73 bits per heavy atom. The Morgan fingerprint density at radius 3 is 2.73 bits per heavy atom. The Hall–Kier alpha value is -0.570. The summed E-state index contributed by atoms with van der Waals surface area (Å²) in [5.74, 6) is 0.794. The first-order valence-electron chi connectivity index (χ1n) is 3.63. The van der Waals surface area contributed by atoms with Gasteiger partial charge in [0.2, 0.25) is 0 Å². The molecule has 3 heteroatoms. The van der Waals surface area contributed by atoms with Crippen molar-refractivity contribution in [3.63, 3.8) is 0 Å². The molecule has 0 bridgehead atoms. The first kappa shape index (κ1) is 8.53. The standard InChI is InChI=1S/C8H13NOS/c1-6(11)4-7-9-8(2,3)5-10-7/h4,9H,5H2,1-3H3/b7-4+. The molecule has 0 radical (unpaired) electrons. The second-order valence-electron chi connectivity index (χ2n) is 3.42. The topological polar surface area (TPSA) is 21.3 Å². The molecule has 0 aromatic carbocycles. The number of rotatable bonds is 1. The van der Waals surface area contributed by atoms with Gasteiger partial charge in [-0.25, -0.2) is 0 Å². The van der Waals surface area contributed by atoms with Gasteiger partial charge < -0.3 is 10.1 Å². The molecule has 62 valence electrons. The molecule has 1 heterocycles. The average Bonchev–Trinajstić information content (AvgIpc) is 2.08. The third-order valence-corrected chi connectivity index (χ3v) is 1.50. The predicted octanol–water partition coefficient (Wildman–Crippen LogP) is 1.62. The summed E-state index contributed by atoms with van der Waals surface area (Å²) in [5, 5.41) is 3.21. The molecule has 0 amide bonds. The lowest BCUT2D eigenvalue weighted by atomic mass is 10.1. The molecule has 1 N–H and O–H groups in total. The van der Waals surface area contributed by atoms with Gasteiger partial charge >= 0.3 is 0 Å². The molecule has 0 unspecified atom stereocenters. The van der Waals surface area contributed by atoms with Crippen molar-refractivity contribution in [3.8, 4) is 0 Å². The molecule has 1 fully saturated rings. The van der Waals surface area contributed by atoms with Crippen LogP contribution in [0.4, 0.5) is 0 Å². The lowest BCUT2D eigenvalue weighted by molar-refractivity contribution is 0.237. The Bertz CT molecular complexity index is 208. The van der Waals surface area contributed by atoms with E-state index in [1.807, 2.05) is 13.0 Å². The summed E-state index contributed by atoms with van der Waals surface area (Å²) in [6, 6.07) is 0. The number of hydrogen-bond donors (Lipinski definition) is 1. The van der Waals surface area contributed by atoms with E-state index in [-0.39, 0.29) is 5.54 Å². The van der Waals surface area contributed by atoms with Crippen LogP contribution in [0.15, 0.2) is 12.0 Å². The van der Waals surface area contributed by atoms with Crippen LogP contribution in [0, 0.1) is 0 Å². The lowest BCUT2D eigenvalue weighted by Crippen LogP contribution is -2.34. The highest BCUT2D eigenvalue weighted by Crippen LogP contribution is 2.15. The van der Waals surface area contributed by atoms with Crippen LogP contribution >= 0.6 is 12.2 Å². The number of ether oxygens (including phenoxy) is 1. The number of allylic oxidation sites excluding steroid dienone is 1. The van der Waals surface area contributed by atoms with E-state index in [4.69, 9.17) is 17.0 Å². The van der Waals surface area contributed by atoms with E-state index in [1.54, 1.807) is 0 Å². The number of nitrogens with one attached hydrogen (secondary N) is 1. The number of thiocarbonyl (C=S) groups is 1. The van der Waals surface area contributed by atoms with Crippen molar-refractivity contribution in [2.75, 3.05) is 6.61 Å². The van der Waals surface area contributed by atoms with Crippen molar-refractivity contribution in [3.05, 3.63) is 12.0 Å². The third kappa shape index (κ3) is 2.50. The Balaban J connectivity index is 2.61. The largest absolute Gasteiger partial charge is 0.477 e. The van der Waals surface area contributed by atoms with Gasteiger partial charge in [0, 0.05) is 10.9 Å². The van der Waals surface area contributed by atoms with E-state index in [1.165, 1.54) is 0 Å². The molecule has 1 saturated heterocycles. The van der Waals surface area contributed by atoms with Crippen molar-refractivity contribution in [2.45, 2.75) is 26.3 Å². The fourth-order valence-electron chi connectivity index (χ4n) is 0.926. The van der Waals surface area contributed by atoms with Crippen molar-refractivity contribution >= 4 is 17.1 Å². The molecular weight excluding hydrogens is 158 g/mol. The van der Waals surface area contributed by atoms with Crippen LogP contribution in [-0.4, -0.2) is 17.0 Å². The quantitative estimate of drug-likeness (QED) is 0.478. The maximum Gasteiger partial charge on any atom is 0.188 e. The Kier molecular flexibility index (Phi) is 2.18. The van der Waals surface area contributed by atoms with Crippen LogP contribution < -0.4 is 5.32 Å². The molecular formula is C8H13NOS. The summed E-state index contributed by atoms with van der Waals surface area (Å²) < 4.78 is 5.34. The van der Waals surface area contributed by atoms with E-state index in [2.05, 4.69) is 19.2 Å².